The van der Waals surface area contributed by atoms with E-state index in [1.165, 1.54) is 0 Å². The van der Waals surface area contributed by atoms with Gasteiger partial charge >= 0.3 is 0 Å². The monoisotopic (exact) mass is 328 g/mol. The van der Waals surface area contributed by atoms with Gasteiger partial charge in [0, 0.05) is 31.4 Å². The molecule has 3 rings (SSSR count). The van der Waals surface area contributed by atoms with Crippen molar-refractivity contribution in [1.82, 2.24) is 14.9 Å². The van der Waals surface area contributed by atoms with Crippen LogP contribution in [0.5, 0.6) is 5.75 Å². The van der Waals surface area contributed by atoms with Gasteiger partial charge in [-0.1, -0.05) is 12.1 Å². The fraction of sp³-hybridized carbons (Fsp3) is 0.353. The number of imidazole rings is 1. The first-order chi connectivity index (χ1) is 11.6. The van der Waals surface area contributed by atoms with Crippen LogP contribution < -0.4 is 15.8 Å². The number of fused-ring (bicyclic) bond motifs is 1. The molecule has 126 valence electrons. The number of nitrogens with two attached hydrogens (primary N) is 1. The molecule has 2 aromatic rings. The minimum Gasteiger partial charge on any atom is -0.484 e. The van der Waals surface area contributed by atoms with Gasteiger partial charge in [0.1, 0.15) is 11.6 Å². The van der Waals surface area contributed by atoms with Crippen molar-refractivity contribution >= 4 is 11.8 Å². The summed E-state index contributed by atoms with van der Waals surface area (Å²) < 4.78 is 7.54. The van der Waals surface area contributed by atoms with E-state index in [2.05, 4.69) is 14.9 Å². The maximum absolute atomic E-state index is 12.0. The highest BCUT2D eigenvalue weighted by molar-refractivity contribution is 5.78. The van der Waals surface area contributed by atoms with E-state index in [9.17, 15) is 9.59 Å². The molecule has 0 unspecified atom stereocenters. The molecule has 0 radical (unpaired) electrons. The van der Waals surface area contributed by atoms with E-state index in [4.69, 9.17) is 10.5 Å². The molecule has 0 saturated heterocycles. The summed E-state index contributed by atoms with van der Waals surface area (Å²) in [6.07, 6.45) is 5.64. The Labute approximate surface area is 139 Å². The first-order valence-electron chi connectivity index (χ1n) is 7.89. The maximum Gasteiger partial charge on any atom is 0.258 e. The molecule has 0 spiro atoms. The number of benzene rings is 1. The van der Waals surface area contributed by atoms with Gasteiger partial charge in [0.25, 0.3) is 5.91 Å². The fourth-order valence-corrected chi connectivity index (χ4v) is 2.81. The van der Waals surface area contributed by atoms with E-state index >= 15 is 0 Å². The number of nitrogens with one attached hydrogen (secondary N) is 1. The smallest absolute Gasteiger partial charge is 0.258 e. The van der Waals surface area contributed by atoms with Crippen molar-refractivity contribution in [2.75, 3.05) is 6.61 Å². The van der Waals surface area contributed by atoms with Gasteiger partial charge in [-0.3, -0.25) is 9.59 Å². The van der Waals surface area contributed by atoms with E-state index < -0.39 is 0 Å². The van der Waals surface area contributed by atoms with Gasteiger partial charge in [-0.25, -0.2) is 4.98 Å². The number of carbonyl (C=O) groups is 2. The Morgan fingerprint density at radius 2 is 2.12 bits per heavy atom. The van der Waals surface area contributed by atoms with Crippen molar-refractivity contribution in [2.24, 2.45) is 5.73 Å². The van der Waals surface area contributed by atoms with Crippen molar-refractivity contribution in [1.29, 1.82) is 0 Å². The topological polar surface area (TPSA) is 99.2 Å². The van der Waals surface area contributed by atoms with E-state index in [1.54, 1.807) is 30.5 Å². The second-order valence-electron chi connectivity index (χ2n) is 5.87. The minimum atomic E-state index is -0.378. The zero-order chi connectivity index (χ0) is 16.9. The van der Waals surface area contributed by atoms with Crippen molar-refractivity contribution in [3.05, 3.63) is 48.0 Å². The van der Waals surface area contributed by atoms with Crippen LogP contribution in [0.1, 0.15) is 17.8 Å². The third-order valence-corrected chi connectivity index (χ3v) is 3.97. The standard InChI is InChI=1S/C17H20N4O3/c18-15(22)9-12-1-4-14(5-2-12)24-11-17(23)20-13-3-6-16-19-7-8-21(16)10-13/h1-2,4-5,7-8,13H,3,6,9-11H2,(H2,18,22)(H,20,23)/t13-/m1/s1. The molecule has 7 nitrogen and oxygen atoms in total. The molecule has 1 aliphatic rings. The number of primary amides is 1. The zero-order valence-electron chi connectivity index (χ0n) is 13.3. The quantitative estimate of drug-likeness (QED) is 0.803. The highest BCUT2D eigenvalue weighted by atomic mass is 16.5. The molecule has 0 bridgehead atoms. The highest BCUT2D eigenvalue weighted by Crippen LogP contribution is 2.14. The summed E-state index contributed by atoms with van der Waals surface area (Å²) in [5.41, 5.74) is 5.96. The Morgan fingerprint density at radius 1 is 1.33 bits per heavy atom. The summed E-state index contributed by atoms with van der Waals surface area (Å²) in [5, 5.41) is 2.98. The lowest BCUT2D eigenvalue weighted by Crippen LogP contribution is -2.42. The van der Waals surface area contributed by atoms with Crippen molar-refractivity contribution in [3.63, 3.8) is 0 Å². The predicted molar refractivity (Wildman–Crippen MR) is 87.3 cm³/mol. The number of rotatable bonds is 6. The van der Waals surface area contributed by atoms with Crippen LogP contribution in [0.4, 0.5) is 0 Å². The summed E-state index contributed by atoms with van der Waals surface area (Å²) in [6.45, 7) is 0.700. The first kappa shape index (κ1) is 16.0. The van der Waals surface area contributed by atoms with Gasteiger partial charge in [0.15, 0.2) is 6.61 Å². The first-order valence-corrected chi connectivity index (χ1v) is 7.89. The van der Waals surface area contributed by atoms with Crippen molar-refractivity contribution in [3.8, 4) is 5.75 Å². The van der Waals surface area contributed by atoms with E-state index in [1.807, 2.05) is 6.20 Å². The molecule has 2 amide bonds. The molecule has 2 heterocycles. The summed E-state index contributed by atoms with van der Waals surface area (Å²) in [7, 11) is 0. The maximum atomic E-state index is 12.0. The second-order valence-corrected chi connectivity index (χ2v) is 5.87. The number of amides is 2. The summed E-state index contributed by atoms with van der Waals surface area (Å²) >= 11 is 0. The Kier molecular flexibility index (Phi) is 4.79. The SMILES string of the molecule is NC(=O)Cc1ccc(OCC(=O)N[C@@H]2CCc3nccn3C2)cc1. The van der Waals surface area contributed by atoms with E-state index in [-0.39, 0.29) is 30.9 Å². The third-order valence-electron chi connectivity index (χ3n) is 3.97. The Morgan fingerprint density at radius 3 is 2.88 bits per heavy atom. The second kappa shape index (κ2) is 7.16. The number of carbonyl (C=O) groups excluding carboxylic acids is 2. The predicted octanol–water partition coefficient (Wildman–Crippen LogP) is 0.421. The molecule has 0 aliphatic carbocycles. The summed E-state index contributed by atoms with van der Waals surface area (Å²) in [4.78, 5) is 27.1. The van der Waals surface area contributed by atoms with Crippen LogP contribution in [0.3, 0.4) is 0 Å². The average Bonchev–Trinajstić information content (AvgIpc) is 3.01. The van der Waals surface area contributed by atoms with Crippen LogP contribution in [-0.4, -0.2) is 34.0 Å². The summed E-state index contributed by atoms with van der Waals surface area (Å²) in [5.74, 6) is 1.12. The lowest BCUT2D eigenvalue weighted by molar-refractivity contribution is -0.124. The Balaban J connectivity index is 1.45. The van der Waals surface area contributed by atoms with Gasteiger partial charge in [0.2, 0.25) is 5.91 Å². The molecule has 0 saturated carbocycles. The van der Waals surface area contributed by atoms with Crippen LogP contribution in [0.15, 0.2) is 36.7 Å². The van der Waals surface area contributed by atoms with Crippen LogP contribution >= 0.6 is 0 Å². The minimum absolute atomic E-state index is 0.0392. The largest absolute Gasteiger partial charge is 0.484 e. The van der Waals surface area contributed by atoms with E-state index in [0.717, 1.165) is 30.8 Å². The van der Waals surface area contributed by atoms with Gasteiger partial charge in [0.05, 0.1) is 6.42 Å². The number of nitrogens with zero attached hydrogens (tertiary/aromatic N) is 2. The number of hydrogen-bond donors (Lipinski definition) is 2. The lowest BCUT2D eigenvalue weighted by atomic mass is 10.1. The molecule has 7 heteroatoms. The molecule has 3 N–H and O–H groups in total. The normalized spacial score (nSPS) is 16.2. The third kappa shape index (κ3) is 4.13. The Bertz CT molecular complexity index is 724. The van der Waals surface area contributed by atoms with Crippen LogP contribution in [0.2, 0.25) is 0 Å². The van der Waals surface area contributed by atoms with E-state index in [0.29, 0.717) is 5.75 Å². The molecule has 24 heavy (non-hydrogen) atoms. The molecule has 1 aliphatic heterocycles. The zero-order valence-corrected chi connectivity index (χ0v) is 13.3. The van der Waals surface area contributed by atoms with Crippen molar-refractivity contribution in [2.45, 2.75) is 31.8 Å². The Hall–Kier alpha value is -2.83. The summed E-state index contributed by atoms with van der Waals surface area (Å²) in [6, 6.07) is 7.08. The van der Waals surface area contributed by atoms with Gasteiger partial charge in [-0.05, 0) is 24.1 Å². The van der Waals surface area contributed by atoms with Crippen LogP contribution in [0.25, 0.3) is 0 Å². The fourth-order valence-electron chi connectivity index (χ4n) is 2.81. The number of ether oxygens (including phenoxy) is 1. The molecule has 1 aromatic carbocycles. The molecule has 1 aromatic heterocycles. The number of hydrogen-bond acceptors (Lipinski definition) is 4. The highest BCUT2D eigenvalue weighted by Gasteiger charge is 2.20. The van der Waals surface area contributed by atoms with Crippen LogP contribution in [0, 0.1) is 0 Å². The van der Waals surface area contributed by atoms with Crippen molar-refractivity contribution < 1.29 is 14.3 Å². The van der Waals surface area contributed by atoms with Gasteiger partial charge < -0.3 is 20.4 Å². The molecule has 0 fully saturated rings. The molecular formula is C17H20N4O3. The number of aromatic nitrogens is 2. The van der Waals surface area contributed by atoms with Gasteiger partial charge in [-0.15, -0.1) is 0 Å². The molecule has 1 atom stereocenters. The average molecular weight is 328 g/mol. The number of aryl methyl sites for hydroxylation is 1. The molecular weight excluding hydrogens is 308 g/mol. The van der Waals surface area contributed by atoms with Crippen LogP contribution in [-0.2, 0) is 29.0 Å². The lowest BCUT2D eigenvalue weighted by Gasteiger charge is -2.24. The van der Waals surface area contributed by atoms with Gasteiger partial charge in [-0.2, -0.15) is 0 Å².